The molecule has 1 aliphatic carbocycles. The number of fused-ring (bicyclic) bond motifs is 2. The highest BCUT2D eigenvalue weighted by atomic mass is 14.4. The van der Waals surface area contributed by atoms with Gasteiger partial charge in [-0.25, -0.2) is 0 Å². The van der Waals surface area contributed by atoms with E-state index in [-0.39, 0.29) is 5.41 Å². The van der Waals surface area contributed by atoms with Crippen LogP contribution in [0.4, 0.5) is 0 Å². The third-order valence-electron chi connectivity index (χ3n) is 5.00. The van der Waals surface area contributed by atoms with E-state index in [4.69, 9.17) is 0 Å². The van der Waals surface area contributed by atoms with Crippen LogP contribution in [0, 0.1) is 5.92 Å². The summed E-state index contributed by atoms with van der Waals surface area (Å²) in [6.45, 7) is 4.64. The molecule has 0 aromatic heterocycles. The summed E-state index contributed by atoms with van der Waals surface area (Å²) in [5.74, 6) is 0.505. The van der Waals surface area contributed by atoms with Gasteiger partial charge >= 0.3 is 0 Å². The highest BCUT2D eigenvalue weighted by molar-refractivity contribution is 5.90. The van der Waals surface area contributed by atoms with Crippen molar-refractivity contribution in [3.8, 4) is 0 Å². The zero-order chi connectivity index (χ0) is 15.2. The van der Waals surface area contributed by atoms with Gasteiger partial charge in [-0.3, -0.25) is 0 Å². The van der Waals surface area contributed by atoms with E-state index in [1.165, 1.54) is 26.8 Å². The van der Waals surface area contributed by atoms with Crippen molar-refractivity contribution in [3.05, 3.63) is 82.7 Å². The minimum absolute atomic E-state index is 0.0233. The fraction of sp³-hybridized carbons (Fsp3) is 0.182. The van der Waals surface area contributed by atoms with Gasteiger partial charge in [0.2, 0.25) is 0 Å². The Hall–Kier alpha value is -2.34. The first-order chi connectivity index (χ1) is 10.7. The Balaban J connectivity index is 2.08. The van der Waals surface area contributed by atoms with Crippen molar-refractivity contribution in [2.75, 3.05) is 0 Å². The van der Waals surface area contributed by atoms with Crippen molar-refractivity contribution in [1.82, 2.24) is 0 Å². The molecule has 0 unspecified atom stereocenters. The molecule has 0 saturated heterocycles. The molecule has 0 nitrogen and oxygen atoms in total. The summed E-state index contributed by atoms with van der Waals surface area (Å²) in [5, 5.41) is 5.38. The lowest BCUT2D eigenvalue weighted by Crippen LogP contribution is -2.26. The van der Waals surface area contributed by atoms with Crippen LogP contribution in [-0.2, 0) is 5.41 Å². The van der Waals surface area contributed by atoms with E-state index in [1.807, 2.05) is 0 Å². The predicted octanol–water partition coefficient (Wildman–Crippen LogP) is 4.01. The van der Waals surface area contributed by atoms with Gasteiger partial charge in [-0.05, 0) is 32.7 Å². The molecule has 4 rings (SSSR count). The van der Waals surface area contributed by atoms with Crippen molar-refractivity contribution < 1.29 is 0 Å². The first kappa shape index (κ1) is 13.3. The zero-order valence-corrected chi connectivity index (χ0v) is 13.1. The van der Waals surface area contributed by atoms with Gasteiger partial charge in [0.15, 0.2) is 0 Å². The minimum Gasteiger partial charge on any atom is -0.0620 e. The minimum atomic E-state index is -0.0233. The van der Waals surface area contributed by atoms with Crippen LogP contribution in [-0.4, -0.2) is 0 Å². The molecule has 0 N–H and O–H groups in total. The lowest BCUT2D eigenvalue weighted by Gasteiger charge is -2.32. The fourth-order valence-electron chi connectivity index (χ4n) is 3.73. The van der Waals surface area contributed by atoms with Gasteiger partial charge in [0.1, 0.15) is 0 Å². The summed E-state index contributed by atoms with van der Waals surface area (Å²) >= 11 is 0. The number of rotatable bonds is 2. The molecule has 0 heterocycles. The van der Waals surface area contributed by atoms with Crippen molar-refractivity contribution in [1.29, 1.82) is 0 Å². The first-order valence-electron chi connectivity index (χ1n) is 8.00. The fourth-order valence-corrected chi connectivity index (χ4v) is 3.73. The maximum atomic E-state index is 2.45. The van der Waals surface area contributed by atoms with Gasteiger partial charge in [0.05, 0.1) is 0 Å². The third kappa shape index (κ3) is 1.84. The molecule has 0 fully saturated rings. The highest BCUT2D eigenvalue weighted by Gasteiger charge is 2.34. The van der Waals surface area contributed by atoms with E-state index < -0.39 is 0 Å². The van der Waals surface area contributed by atoms with E-state index in [2.05, 4.69) is 92.7 Å². The van der Waals surface area contributed by atoms with Gasteiger partial charge in [0, 0.05) is 5.41 Å². The summed E-state index contributed by atoms with van der Waals surface area (Å²) in [5.41, 5.74) is 1.39. The van der Waals surface area contributed by atoms with Crippen LogP contribution in [0.1, 0.15) is 19.4 Å². The molecule has 1 aliphatic rings. The Kier molecular flexibility index (Phi) is 2.94. The maximum Gasteiger partial charge on any atom is 0.0359 e. The van der Waals surface area contributed by atoms with Crippen molar-refractivity contribution >= 4 is 22.9 Å². The highest BCUT2D eigenvalue weighted by Crippen LogP contribution is 2.40. The number of hydrogen-bond donors (Lipinski definition) is 0. The summed E-state index contributed by atoms with van der Waals surface area (Å²) < 4.78 is 0. The molecule has 0 heteroatoms. The van der Waals surface area contributed by atoms with Crippen LogP contribution in [0.2, 0.25) is 0 Å². The van der Waals surface area contributed by atoms with E-state index in [9.17, 15) is 0 Å². The summed E-state index contributed by atoms with van der Waals surface area (Å²) in [4.78, 5) is 0. The molecule has 0 bridgehead atoms. The second-order valence-corrected chi connectivity index (χ2v) is 6.53. The van der Waals surface area contributed by atoms with Crippen LogP contribution in [0.3, 0.4) is 0 Å². The second-order valence-electron chi connectivity index (χ2n) is 6.53. The monoisotopic (exact) mass is 284 g/mol. The lowest BCUT2D eigenvalue weighted by atomic mass is 9.71. The van der Waals surface area contributed by atoms with E-state index in [0.29, 0.717) is 5.92 Å². The van der Waals surface area contributed by atoms with Crippen LogP contribution >= 0.6 is 0 Å². The molecule has 22 heavy (non-hydrogen) atoms. The molecule has 108 valence electrons. The second kappa shape index (κ2) is 4.84. The normalized spacial score (nSPS) is 15.4. The average molecular weight is 284 g/mol. The number of benzene rings is 3. The SMILES string of the molecule is CC(C)C1(c2cccc3ccccc23)C=c2ccccc2=C1. The Morgan fingerprint density at radius 3 is 1.95 bits per heavy atom. The van der Waals surface area contributed by atoms with Gasteiger partial charge in [0.25, 0.3) is 0 Å². The Labute approximate surface area is 131 Å². The van der Waals surface area contributed by atoms with E-state index in [1.54, 1.807) is 0 Å². The Morgan fingerprint density at radius 1 is 0.682 bits per heavy atom. The summed E-state index contributed by atoms with van der Waals surface area (Å²) in [6, 6.07) is 24.1. The largest absolute Gasteiger partial charge is 0.0620 e. The average Bonchev–Trinajstić information content (AvgIpc) is 2.95. The van der Waals surface area contributed by atoms with Crippen LogP contribution in [0.5, 0.6) is 0 Å². The molecular formula is C22H20. The lowest BCUT2D eigenvalue weighted by molar-refractivity contribution is 0.522. The molecular weight excluding hydrogens is 264 g/mol. The van der Waals surface area contributed by atoms with Crippen LogP contribution in [0.25, 0.3) is 22.9 Å². The molecule has 3 aromatic rings. The Morgan fingerprint density at radius 2 is 1.27 bits per heavy atom. The summed E-state index contributed by atoms with van der Waals surface area (Å²) in [6.07, 6.45) is 4.91. The third-order valence-corrected chi connectivity index (χ3v) is 5.00. The molecule has 0 amide bonds. The quantitative estimate of drug-likeness (QED) is 0.667. The standard InChI is InChI=1S/C22H20/c1-16(2)22(14-18-9-3-4-10-19(18)15-22)21-13-7-11-17-8-5-6-12-20(17)21/h3-16H,1-2H3. The van der Waals surface area contributed by atoms with E-state index >= 15 is 0 Å². The van der Waals surface area contributed by atoms with Gasteiger partial charge in [-0.15, -0.1) is 0 Å². The molecule has 0 radical (unpaired) electrons. The maximum absolute atomic E-state index is 2.45. The zero-order valence-electron chi connectivity index (χ0n) is 13.1. The first-order valence-corrected chi connectivity index (χ1v) is 8.00. The molecule has 3 aromatic carbocycles. The van der Waals surface area contributed by atoms with Gasteiger partial charge < -0.3 is 0 Å². The smallest absolute Gasteiger partial charge is 0.0359 e. The van der Waals surface area contributed by atoms with Crippen molar-refractivity contribution in [2.45, 2.75) is 19.3 Å². The van der Waals surface area contributed by atoms with Crippen molar-refractivity contribution in [2.24, 2.45) is 5.92 Å². The van der Waals surface area contributed by atoms with Gasteiger partial charge in [-0.1, -0.05) is 92.7 Å². The Bertz CT molecular complexity index is 920. The molecule has 0 atom stereocenters. The summed E-state index contributed by atoms with van der Waals surface area (Å²) in [7, 11) is 0. The predicted molar refractivity (Wildman–Crippen MR) is 95.1 cm³/mol. The van der Waals surface area contributed by atoms with Crippen molar-refractivity contribution in [3.63, 3.8) is 0 Å². The molecule has 0 saturated carbocycles. The molecule has 0 aliphatic heterocycles. The van der Waals surface area contributed by atoms with Crippen LogP contribution < -0.4 is 10.4 Å². The molecule has 0 spiro atoms. The van der Waals surface area contributed by atoms with E-state index in [0.717, 1.165) is 0 Å². The van der Waals surface area contributed by atoms with Gasteiger partial charge in [-0.2, -0.15) is 0 Å². The number of hydrogen-bond acceptors (Lipinski definition) is 0. The topological polar surface area (TPSA) is 0 Å². The van der Waals surface area contributed by atoms with Crippen LogP contribution in [0.15, 0.2) is 66.7 Å².